The lowest BCUT2D eigenvalue weighted by atomic mass is 9.67. The summed E-state index contributed by atoms with van der Waals surface area (Å²) in [6, 6.07) is 9.13. The Morgan fingerprint density at radius 1 is 1.13 bits per heavy atom. The fourth-order valence-corrected chi connectivity index (χ4v) is 4.66. The van der Waals surface area contributed by atoms with Crippen LogP contribution in [0.5, 0.6) is 0 Å². The van der Waals surface area contributed by atoms with Gasteiger partial charge in [0.05, 0.1) is 0 Å². The Kier molecular flexibility index (Phi) is 4.64. The van der Waals surface area contributed by atoms with Crippen molar-refractivity contribution in [3.8, 4) is 0 Å². The van der Waals surface area contributed by atoms with Gasteiger partial charge in [-0.15, -0.1) is 0 Å². The number of piperidine rings is 1. The van der Waals surface area contributed by atoms with Gasteiger partial charge < -0.3 is 15.0 Å². The second-order valence-electron chi connectivity index (χ2n) is 7.53. The van der Waals surface area contributed by atoms with Gasteiger partial charge in [-0.25, -0.2) is 0 Å². The number of hydrogen-bond acceptors (Lipinski definition) is 3. The fourth-order valence-electron chi connectivity index (χ4n) is 4.54. The molecule has 0 bridgehead atoms. The van der Waals surface area contributed by atoms with E-state index in [1.54, 1.807) is 0 Å². The zero-order valence-electron chi connectivity index (χ0n) is 13.8. The van der Waals surface area contributed by atoms with Crippen LogP contribution >= 0.6 is 11.6 Å². The molecule has 1 spiro atoms. The first-order valence-electron chi connectivity index (χ1n) is 9.04. The van der Waals surface area contributed by atoms with Crippen LogP contribution < -0.4 is 5.32 Å². The molecule has 4 heteroatoms. The summed E-state index contributed by atoms with van der Waals surface area (Å²) in [6.45, 7) is 6.76. The summed E-state index contributed by atoms with van der Waals surface area (Å²) in [5, 5.41) is 4.53. The third kappa shape index (κ3) is 3.30. The summed E-state index contributed by atoms with van der Waals surface area (Å²) >= 11 is 6.00. The van der Waals surface area contributed by atoms with E-state index in [-0.39, 0.29) is 0 Å². The highest BCUT2D eigenvalue weighted by Crippen LogP contribution is 2.40. The third-order valence-corrected chi connectivity index (χ3v) is 6.55. The van der Waals surface area contributed by atoms with Crippen molar-refractivity contribution in [3.63, 3.8) is 0 Å². The minimum atomic E-state index is 0.533. The number of benzene rings is 1. The van der Waals surface area contributed by atoms with Crippen molar-refractivity contribution in [2.75, 3.05) is 39.4 Å². The number of halogens is 1. The van der Waals surface area contributed by atoms with Crippen LogP contribution in [-0.2, 0) is 4.74 Å². The number of hydrogen-bond donors (Lipinski definition) is 1. The van der Waals surface area contributed by atoms with Crippen molar-refractivity contribution < 1.29 is 4.74 Å². The molecule has 0 aromatic heterocycles. The first-order chi connectivity index (χ1) is 11.3. The number of nitrogens with zero attached hydrogens (tertiary/aromatic N) is 1. The maximum absolute atomic E-state index is 6.00. The van der Waals surface area contributed by atoms with E-state index in [1.165, 1.54) is 57.4 Å². The molecule has 4 rings (SSSR count). The predicted octanol–water partition coefficient (Wildman–Crippen LogP) is 3.29. The SMILES string of the molecule is Clc1ccc(C2CCN(CC3NCC34CCOCC4)CC2)cc1. The second-order valence-corrected chi connectivity index (χ2v) is 7.97. The Hall–Kier alpha value is -0.610. The summed E-state index contributed by atoms with van der Waals surface area (Å²) in [7, 11) is 0. The lowest BCUT2D eigenvalue weighted by molar-refractivity contribution is -0.0565. The van der Waals surface area contributed by atoms with E-state index in [0.717, 1.165) is 18.2 Å². The second kappa shape index (κ2) is 6.72. The van der Waals surface area contributed by atoms with Crippen LogP contribution in [0.15, 0.2) is 24.3 Å². The quantitative estimate of drug-likeness (QED) is 0.918. The molecule has 1 aromatic rings. The minimum absolute atomic E-state index is 0.533. The van der Waals surface area contributed by atoms with Crippen molar-refractivity contribution in [2.24, 2.45) is 5.41 Å². The molecule has 1 aromatic carbocycles. The summed E-state index contributed by atoms with van der Waals surface area (Å²) in [5.74, 6) is 0.704. The van der Waals surface area contributed by atoms with Gasteiger partial charge in [0.25, 0.3) is 0 Å². The Labute approximate surface area is 144 Å². The molecular weight excluding hydrogens is 308 g/mol. The van der Waals surface area contributed by atoms with Crippen LogP contribution in [0.3, 0.4) is 0 Å². The molecule has 1 unspecified atom stereocenters. The summed E-state index contributed by atoms with van der Waals surface area (Å²) in [4.78, 5) is 2.67. The normalized spacial score (nSPS) is 28.7. The number of nitrogens with one attached hydrogen (secondary N) is 1. The lowest BCUT2D eigenvalue weighted by Crippen LogP contribution is -2.67. The van der Waals surface area contributed by atoms with Gasteiger partial charge in [0.15, 0.2) is 0 Å². The Bertz CT molecular complexity index is 519. The predicted molar refractivity (Wildman–Crippen MR) is 94.1 cm³/mol. The first-order valence-corrected chi connectivity index (χ1v) is 9.42. The topological polar surface area (TPSA) is 24.5 Å². The zero-order chi connectivity index (χ0) is 15.7. The highest BCUT2D eigenvalue weighted by atomic mass is 35.5. The van der Waals surface area contributed by atoms with Gasteiger partial charge in [-0.05, 0) is 62.4 Å². The lowest BCUT2D eigenvalue weighted by Gasteiger charge is -2.54. The largest absolute Gasteiger partial charge is 0.381 e. The summed E-state index contributed by atoms with van der Waals surface area (Å²) in [6.07, 6.45) is 5.02. The fraction of sp³-hybridized carbons (Fsp3) is 0.684. The average Bonchev–Trinajstić information content (AvgIpc) is 2.61. The molecule has 3 nitrogen and oxygen atoms in total. The standard InChI is InChI=1S/C19H27ClN2O/c20-17-3-1-15(2-4-17)16-5-9-22(10-6-16)13-18-19(14-21-18)7-11-23-12-8-19/h1-4,16,18,21H,5-14H2. The molecule has 0 aliphatic carbocycles. The van der Waals surface area contributed by atoms with E-state index < -0.39 is 0 Å². The molecule has 1 N–H and O–H groups in total. The number of rotatable bonds is 3. The molecule has 3 saturated heterocycles. The van der Waals surface area contributed by atoms with Crippen molar-refractivity contribution in [1.82, 2.24) is 10.2 Å². The summed E-state index contributed by atoms with van der Waals surface area (Å²) in [5.41, 5.74) is 1.99. The maximum Gasteiger partial charge on any atom is 0.0472 e. The van der Waals surface area contributed by atoms with Gasteiger partial charge in [0.2, 0.25) is 0 Å². The van der Waals surface area contributed by atoms with E-state index >= 15 is 0 Å². The van der Waals surface area contributed by atoms with Crippen LogP contribution in [-0.4, -0.2) is 50.3 Å². The van der Waals surface area contributed by atoms with Crippen LogP contribution in [0.1, 0.15) is 37.2 Å². The summed E-state index contributed by atoms with van der Waals surface area (Å²) < 4.78 is 5.56. The van der Waals surface area contributed by atoms with Crippen molar-refractivity contribution in [1.29, 1.82) is 0 Å². The zero-order valence-corrected chi connectivity index (χ0v) is 14.5. The highest BCUT2D eigenvalue weighted by Gasteiger charge is 2.47. The van der Waals surface area contributed by atoms with Crippen molar-refractivity contribution in [2.45, 2.75) is 37.6 Å². The molecule has 23 heavy (non-hydrogen) atoms. The van der Waals surface area contributed by atoms with Gasteiger partial charge >= 0.3 is 0 Å². The molecule has 0 amide bonds. The molecule has 0 radical (unpaired) electrons. The van der Waals surface area contributed by atoms with Gasteiger partial charge in [-0.2, -0.15) is 0 Å². The molecule has 3 aliphatic heterocycles. The molecule has 3 aliphatic rings. The van der Waals surface area contributed by atoms with Crippen LogP contribution in [0.2, 0.25) is 5.02 Å². The number of likely N-dealkylation sites (tertiary alicyclic amines) is 1. The van der Waals surface area contributed by atoms with Crippen molar-refractivity contribution in [3.05, 3.63) is 34.9 Å². The van der Waals surface area contributed by atoms with E-state index in [0.29, 0.717) is 17.4 Å². The van der Waals surface area contributed by atoms with Crippen LogP contribution in [0.25, 0.3) is 0 Å². The highest BCUT2D eigenvalue weighted by molar-refractivity contribution is 6.30. The van der Waals surface area contributed by atoms with Gasteiger partial charge in [0.1, 0.15) is 0 Å². The average molecular weight is 335 g/mol. The minimum Gasteiger partial charge on any atom is -0.381 e. The monoisotopic (exact) mass is 334 g/mol. The molecule has 3 heterocycles. The molecule has 1 atom stereocenters. The third-order valence-electron chi connectivity index (χ3n) is 6.30. The van der Waals surface area contributed by atoms with E-state index in [1.807, 2.05) is 12.1 Å². The molecule has 0 saturated carbocycles. The number of ether oxygens (including phenoxy) is 1. The van der Waals surface area contributed by atoms with Crippen LogP contribution in [0, 0.1) is 5.41 Å². The Balaban J connectivity index is 1.29. The van der Waals surface area contributed by atoms with Gasteiger partial charge in [-0.3, -0.25) is 0 Å². The van der Waals surface area contributed by atoms with Gasteiger partial charge in [0, 0.05) is 42.8 Å². The smallest absolute Gasteiger partial charge is 0.0472 e. The van der Waals surface area contributed by atoms with Crippen LogP contribution in [0.4, 0.5) is 0 Å². The molecular formula is C19H27ClN2O. The van der Waals surface area contributed by atoms with E-state index in [9.17, 15) is 0 Å². The molecule has 3 fully saturated rings. The Morgan fingerprint density at radius 3 is 2.43 bits per heavy atom. The first kappa shape index (κ1) is 15.9. The van der Waals surface area contributed by atoms with Crippen molar-refractivity contribution >= 4 is 11.6 Å². The maximum atomic E-state index is 6.00. The Morgan fingerprint density at radius 2 is 1.83 bits per heavy atom. The van der Waals surface area contributed by atoms with E-state index in [2.05, 4.69) is 22.3 Å². The van der Waals surface area contributed by atoms with Gasteiger partial charge in [-0.1, -0.05) is 23.7 Å². The molecule has 126 valence electrons. The van der Waals surface area contributed by atoms with E-state index in [4.69, 9.17) is 16.3 Å².